The molecule has 0 saturated carbocycles. The maximum Gasteiger partial charge on any atom is 0.307 e. The number of hydrogen-bond acceptors (Lipinski definition) is 3. The number of carbonyl (C=O) groups excluding carboxylic acids is 1. The van der Waals surface area contributed by atoms with Crippen molar-refractivity contribution in [1.82, 2.24) is 0 Å². The van der Waals surface area contributed by atoms with Crippen LogP contribution < -0.4 is 12.4 Å². The summed E-state index contributed by atoms with van der Waals surface area (Å²) in [5.41, 5.74) is 0. The molecule has 6 heteroatoms. The summed E-state index contributed by atoms with van der Waals surface area (Å²) < 4.78 is 5.96. The minimum Gasteiger partial charge on any atom is -1.00 e. The summed E-state index contributed by atoms with van der Waals surface area (Å²) in [6.07, 6.45) is 11.9. The van der Waals surface area contributed by atoms with Gasteiger partial charge in [0.2, 0.25) is 0 Å². The molecule has 0 saturated heterocycles. The van der Waals surface area contributed by atoms with Gasteiger partial charge in [-0.3, -0.25) is 9.59 Å². The van der Waals surface area contributed by atoms with Crippen LogP contribution in [0.3, 0.4) is 0 Å². The van der Waals surface area contributed by atoms with Gasteiger partial charge in [-0.15, -0.1) is 0 Å². The van der Waals surface area contributed by atoms with E-state index in [1.54, 1.807) is 0 Å². The average Bonchev–Trinajstić information content (AvgIpc) is 2.46. The van der Waals surface area contributed by atoms with Gasteiger partial charge in [0.1, 0.15) is 6.54 Å². The molecule has 0 rings (SSSR count). The summed E-state index contributed by atoms with van der Waals surface area (Å²) in [6, 6.07) is 0. The molecule has 0 aromatic rings. The number of nitrogens with zero attached hydrogens (tertiary/aromatic N) is 1. The summed E-state index contributed by atoms with van der Waals surface area (Å²) >= 11 is 0. The molecule has 0 fully saturated rings. The van der Waals surface area contributed by atoms with Gasteiger partial charge in [0.25, 0.3) is 0 Å². The van der Waals surface area contributed by atoms with E-state index in [1.165, 1.54) is 51.4 Å². The lowest BCUT2D eigenvalue weighted by Crippen LogP contribution is -3.00. The highest BCUT2D eigenvalue weighted by Gasteiger charge is 2.24. The van der Waals surface area contributed by atoms with Crippen molar-refractivity contribution < 1.29 is 36.3 Å². The van der Waals surface area contributed by atoms with E-state index < -0.39 is 12.1 Å². The highest BCUT2D eigenvalue weighted by atomic mass is 35.5. The first-order chi connectivity index (χ1) is 11.7. The molecule has 26 heavy (non-hydrogen) atoms. The van der Waals surface area contributed by atoms with E-state index in [2.05, 4.69) is 6.92 Å². The summed E-state index contributed by atoms with van der Waals surface area (Å²) in [6.45, 7) is 2.74. The minimum atomic E-state index is -0.926. The van der Waals surface area contributed by atoms with Crippen molar-refractivity contribution >= 4 is 11.9 Å². The van der Waals surface area contributed by atoms with E-state index in [4.69, 9.17) is 9.84 Å². The molecule has 0 aliphatic heterocycles. The number of unbranched alkanes of at least 4 members (excludes halogenated alkanes) is 9. The molecule has 0 aromatic heterocycles. The molecule has 5 nitrogen and oxygen atoms in total. The van der Waals surface area contributed by atoms with Gasteiger partial charge >= 0.3 is 11.9 Å². The Morgan fingerprint density at radius 2 is 1.35 bits per heavy atom. The fourth-order valence-electron chi connectivity index (χ4n) is 2.95. The van der Waals surface area contributed by atoms with Crippen LogP contribution in [0, 0.1) is 0 Å². The molecule has 0 aliphatic carbocycles. The zero-order valence-corrected chi connectivity index (χ0v) is 18.0. The number of quaternary nitrogens is 1. The monoisotopic (exact) mass is 393 g/mol. The molecule has 0 radical (unpaired) electrons. The number of ether oxygens (including phenoxy) is 1. The summed E-state index contributed by atoms with van der Waals surface area (Å²) in [7, 11) is 5.89. The molecule has 0 unspecified atom stereocenters. The van der Waals surface area contributed by atoms with Crippen LogP contribution in [-0.2, 0) is 14.3 Å². The lowest BCUT2D eigenvalue weighted by atomic mass is 10.1. The van der Waals surface area contributed by atoms with Crippen molar-refractivity contribution in [3.63, 3.8) is 0 Å². The van der Waals surface area contributed by atoms with Crippen molar-refractivity contribution in [2.75, 3.05) is 27.7 Å². The first-order valence-corrected chi connectivity index (χ1v) is 9.96. The van der Waals surface area contributed by atoms with Crippen LogP contribution >= 0.6 is 0 Å². The number of rotatable bonds is 16. The highest BCUT2D eigenvalue weighted by Crippen LogP contribution is 2.12. The standard InChI is InChI=1S/C20H39NO4.ClH/c1-5-6-7-8-9-10-11-12-13-14-15-20(24)25-18(16-19(22)23)17-21(2,3)4;/h18H,5-17H2,1-4H3;1H/t18-;/m1./s1. The molecule has 0 aliphatic rings. The van der Waals surface area contributed by atoms with E-state index in [1.807, 2.05) is 21.1 Å². The predicted molar refractivity (Wildman–Crippen MR) is 101 cm³/mol. The van der Waals surface area contributed by atoms with Crippen LogP contribution in [-0.4, -0.2) is 55.3 Å². The Hall–Kier alpha value is -0.810. The van der Waals surface area contributed by atoms with E-state index in [0.29, 0.717) is 17.4 Å². The molecule has 0 aromatic carbocycles. The molecule has 156 valence electrons. The first-order valence-electron chi connectivity index (χ1n) is 9.96. The fraction of sp³-hybridized carbons (Fsp3) is 0.900. The van der Waals surface area contributed by atoms with Gasteiger partial charge in [-0.2, -0.15) is 0 Å². The molecule has 1 atom stereocenters. The van der Waals surface area contributed by atoms with Crippen LogP contribution in [0.25, 0.3) is 0 Å². The quantitative estimate of drug-likeness (QED) is 0.244. The average molecular weight is 394 g/mol. The Morgan fingerprint density at radius 3 is 1.77 bits per heavy atom. The lowest BCUT2D eigenvalue weighted by Gasteiger charge is -2.28. The van der Waals surface area contributed by atoms with Crippen LogP contribution in [0.5, 0.6) is 0 Å². The third-order valence-corrected chi connectivity index (χ3v) is 4.19. The van der Waals surface area contributed by atoms with Gasteiger partial charge in [0.15, 0.2) is 6.10 Å². The van der Waals surface area contributed by atoms with Crippen LogP contribution in [0.1, 0.15) is 84.0 Å². The maximum absolute atomic E-state index is 11.9. The molecular weight excluding hydrogens is 354 g/mol. The second kappa shape index (κ2) is 16.4. The topological polar surface area (TPSA) is 63.6 Å². The number of hydrogen-bond donors (Lipinski definition) is 1. The van der Waals surface area contributed by atoms with Crippen molar-refractivity contribution in [1.29, 1.82) is 0 Å². The lowest BCUT2D eigenvalue weighted by molar-refractivity contribution is -0.873. The normalized spacial score (nSPS) is 12.3. The Labute approximate surface area is 166 Å². The number of carboxylic acids is 1. The number of aliphatic carboxylic acids is 1. The number of halogens is 1. The SMILES string of the molecule is CCCCCCCCCCCCC(=O)O[C@H](CC(=O)O)C[N+](C)(C)C.[Cl-]. The second-order valence-corrected chi connectivity index (χ2v) is 8.11. The van der Waals surface area contributed by atoms with Crippen molar-refractivity contribution in [3.05, 3.63) is 0 Å². The van der Waals surface area contributed by atoms with Crippen molar-refractivity contribution in [2.45, 2.75) is 90.1 Å². The molecule has 1 N–H and O–H groups in total. The Kier molecular flexibility index (Phi) is 17.3. The van der Waals surface area contributed by atoms with Gasteiger partial charge in [0.05, 0.1) is 27.6 Å². The molecule has 0 spiro atoms. The predicted octanol–water partition coefficient (Wildman–Crippen LogP) is 1.39. The number of esters is 1. The fourth-order valence-corrected chi connectivity index (χ4v) is 2.95. The first kappa shape index (κ1) is 27.4. The smallest absolute Gasteiger partial charge is 0.307 e. The molecule has 0 heterocycles. The van der Waals surface area contributed by atoms with E-state index >= 15 is 0 Å². The Bertz CT molecular complexity index is 369. The second-order valence-electron chi connectivity index (χ2n) is 8.11. The Balaban J connectivity index is 0. The van der Waals surface area contributed by atoms with Crippen LogP contribution in [0.4, 0.5) is 0 Å². The summed E-state index contributed by atoms with van der Waals surface area (Å²) in [5.74, 6) is -1.19. The summed E-state index contributed by atoms with van der Waals surface area (Å²) in [5, 5.41) is 8.96. The third kappa shape index (κ3) is 19.5. The maximum atomic E-state index is 11.9. The van der Waals surface area contributed by atoms with Crippen LogP contribution in [0.15, 0.2) is 0 Å². The minimum absolute atomic E-state index is 0. The van der Waals surface area contributed by atoms with Gasteiger partial charge in [-0.25, -0.2) is 0 Å². The molecular formula is C20H40ClNO4. The third-order valence-electron chi connectivity index (χ3n) is 4.19. The van der Waals surface area contributed by atoms with Gasteiger partial charge < -0.3 is 26.7 Å². The van der Waals surface area contributed by atoms with Gasteiger partial charge in [-0.1, -0.05) is 64.7 Å². The molecule has 0 amide bonds. The van der Waals surface area contributed by atoms with Crippen LogP contribution in [0.2, 0.25) is 0 Å². The number of carbonyl (C=O) groups is 2. The van der Waals surface area contributed by atoms with Gasteiger partial charge in [0, 0.05) is 6.42 Å². The van der Waals surface area contributed by atoms with Crippen molar-refractivity contribution in [3.8, 4) is 0 Å². The Morgan fingerprint density at radius 1 is 0.885 bits per heavy atom. The largest absolute Gasteiger partial charge is 1.00 e. The van der Waals surface area contributed by atoms with Crippen molar-refractivity contribution in [2.24, 2.45) is 0 Å². The number of likely N-dealkylation sites (N-methyl/N-ethyl adjacent to an activating group) is 1. The number of carboxylic acid groups (broad SMARTS) is 1. The molecule has 0 bridgehead atoms. The zero-order chi connectivity index (χ0) is 19.1. The van der Waals surface area contributed by atoms with E-state index in [0.717, 1.165) is 12.8 Å². The summed E-state index contributed by atoms with van der Waals surface area (Å²) in [4.78, 5) is 22.9. The van der Waals surface area contributed by atoms with E-state index in [9.17, 15) is 9.59 Å². The van der Waals surface area contributed by atoms with E-state index in [-0.39, 0.29) is 24.8 Å². The highest BCUT2D eigenvalue weighted by molar-refractivity contribution is 5.71. The van der Waals surface area contributed by atoms with Gasteiger partial charge in [-0.05, 0) is 6.42 Å². The zero-order valence-electron chi connectivity index (χ0n) is 17.3.